The Balaban J connectivity index is 1.44. The number of carboxylic acids is 1. The van der Waals surface area contributed by atoms with Crippen LogP contribution >= 0.6 is 0 Å². The molecule has 8 heteroatoms. The van der Waals surface area contributed by atoms with E-state index in [1.54, 1.807) is 12.1 Å². The molecule has 2 aliphatic rings. The van der Waals surface area contributed by atoms with E-state index in [1.165, 1.54) is 17.2 Å². The number of benzene rings is 2. The van der Waals surface area contributed by atoms with Gasteiger partial charge in [-0.3, -0.25) is 4.79 Å². The fourth-order valence-electron chi connectivity index (χ4n) is 3.80. The van der Waals surface area contributed by atoms with Crippen LogP contribution in [0, 0.1) is 0 Å². The molecule has 0 bridgehead atoms. The summed E-state index contributed by atoms with van der Waals surface area (Å²) in [6.45, 7) is 1.78. The standard InChI is InChI=1S/C20H21BN2O5/c24-18(9-12-4-5-13-6-7-22-11-15(13)8-12)23-17-10-14-2-1-3-16(20(25)26)19(14)28-21(17)27/h1-5,8,17,22,27H,6-7,9-11H2,(H,23,24)(H,25,26). The van der Waals surface area contributed by atoms with Crippen LogP contribution in [0.5, 0.6) is 5.75 Å². The van der Waals surface area contributed by atoms with Crippen molar-refractivity contribution in [3.63, 3.8) is 0 Å². The highest BCUT2D eigenvalue weighted by Crippen LogP contribution is 2.30. The first-order valence-electron chi connectivity index (χ1n) is 9.32. The van der Waals surface area contributed by atoms with Crippen LogP contribution in [0.25, 0.3) is 0 Å². The molecule has 2 aromatic rings. The first-order chi connectivity index (χ1) is 13.5. The molecule has 4 rings (SSSR count). The lowest BCUT2D eigenvalue weighted by molar-refractivity contribution is -0.120. The predicted octanol–water partition coefficient (Wildman–Crippen LogP) is 0.713. The minimum absolute atomic E-state index is 0.00370. The summed E-state index contributed by atoms with van der Waals surface area (Å²) >= 11 is 0. The smallest absolute Gasteiger partial charge is 0.534 e. The second-order valence-corrected chi connectivity index (χ2v) is 7.19. The number of carbonyl (C=O) groups is 2. The van der Waals surface area contributed by atoms with Gasteiger partial charge in [-0.25, -0.2) is 4.79 Å². The van der Waals surface area contributed by atoms with Crippen LogP contribution in [0.2, 0.25) is 0 Å². The molecule has 1 unspecified atom stereocenters. The van der Waals surface area contributed by atoms with E-state index in [4.69, 9.17) is 4.65 Å². The number of aromatic carboxylic acids is 1. The molecule has 0 aromatic heterocycles. The Morgan fingerprint density at radius 1 is 1.21 bits per heavy atom. The number of carboxylic acid groups (broad SMARTS) is 1. The minimum Gasteiger partial charge on any atom is -0.534 e. The number of para-hydroxylation sites is 1. The lowest BCUT2D eigenvalue weighted by atomic mass is 9.72. The van der Waals surface area contributed by atoms with Gasteiger partial charge in [0.1, 0.15) is 5.75 Å². The van der Waals surface area contributed by atoms with E-state index in [-0.39, 0.29) is 23.6 Å². The van der Waals surface area contributed by atoms with E-state index in [0.29, 0.717) is 12.0 Å². The zero-order valence-electron chi connectivity index (χ0n) is 15.3. The summed E-state index contributed by atoms with van der Waals surface area (Å²) in [7, 11) is -1.30. The van der Waals surface area contributed by atoms with Crippen molar-refractivity contribution in [1.82, 2.24) is 10.6 Å². The molecule has 2 aliphatic heterocycles. The van der Waals surface area contributed by atoms with E-state index in [1.807, 2.05) is 12.1 Å². The van der Waals surface area contributed by atoms with Crippen molar-refractivity contribution in [2.24, 2.45) is 0 Å². The van der Waals surface area contributed by atoms with Gasteiger partial charge in [0, 0.05) is 6.54 Å². The molecule has 1 atom stereocenters. The van der Waals surface area contributed by atoms with Crippen LogP contribution < -0.4 is 15.3 Å². The van der Waals surface area contributed by atoms with Gasteiger partial charge < -0.3 is 25.4 Å². The molecule has 0 fully saturated rings. The summed E-state index contributed by atoms with van der Waals surface area (Å²) in [5, 5.41) is 25.6. The molecule has 4 N–H and O–H groups in total. The van der Waals surface area contributed by atoms with E-state index in [0.717, 1.165) is 25.1 Å². The minimum atomic E-state index is -1.30. The van der Waals surface area contributed by atoms with Crippen molar-refractivity contribution in [2.45, 2.75) is 31.7 Å². The van der Waals surface area contributed by atoms with Crippen molar-refractivity contribution >= 4 is 19.0 Å². The van der Waals surface area contributed by atoms with E-state index >= 15 is 0 Å². The average molecular weight is 380 g/mol. The summed E-state index contributed by atoms with van der Waals surface area (Å²) in [4.78, 5) is 23.8. The van der Waals surface area contributed by atoms with E-state index in [2.05, 4.69) is 16.7 Å². The van der Waals surface area contributed by atoms with E-state index < -0.39 is 19.0 Å². The Labute approximate surface area is 162 Å². The maximum atomic E-state index is 12.5. The molecule has 0 spiro atoms. The SMILES string of the molecule is O=C(Cc1ccc2c(c1)CNCC2)NC1Cc2cccc(C(=O)O)c2OB1O. The topological polar surface area (TPSA) is 108 Å². The average Bonchev–Trinajstić information content (AvgIpc) is 2.68. The van der Waals surface area contributed by atoms with Gasteiger partial charge in [0.05, 0.1) is 17.9 Å². The number of fused-ring (bicyclic) bond motifs is 2. The van der Waals surface area contributed by atoms with Crippen molar-refractivity contribution in [3.8, 4) is 5.75 Å². The number of hydrogen-bond acceptors (Lipinski definition) is 5. The predicted molar refractivity (Wildman–Crippen MR) is 103 cm³/mol. The first-order valence-corrected chi connectivity index (χ1v) is 9.32. The monoisotopic (exact) mass is 380 g/mol. The quantitative estimate of drug-likeness (QED) is 0.582. The second-order valence-electron chi connectivity index (χ2n) is 7.19. The lowest BCUT2D eigenvalue weighted by Gasteiger charge is -2.29. The van der Waals surface area contributed by atoms with Gasteiger partial charge in [-0.05, 0) is 47.7 Å². The van der Waals surface area contributed by atoms with Crippen LogP contribution in [-0.2, 0) is 30.6 Å². The Hall–Kier alpha value is -2.84. The number of carbonyl (C=O) groups excluding carboxylic acids is 1. The van der Waals surface area contributed by atoms with Gasteiger partial charge in [0.15, 0.2) is 0 Å². The van der Waals surface area contributed by atoms with E-state index in [9.17, 15) is 19.7 Å². The maximum Gasteiger partial charge on any atom is 0.547 e. The van der Waals surface area contributed by atoms with Gasteiger partial charge in [0.25, 0.3) is 0 Å². The zero-order chi connectivity index (χ0) is 19.7. The third-order valence-electron chi connectivity index (χ3n) is 5.22. The Morgan fingerprint density at radius 3 is 2.89 bits per heavy atom. The van der Waals surface area contributed by atoms with Gasteiger partial charge >= 0.3 is 13.1 Å². The van der Waals surface area contributed by atoms with Crippen molar-refractivity contribution in [2.75, 3.05) is 6.54 Å². The lowest BCUT2D eigenvalue weighted by Crippen LogP contribution is -2.53. The summed E-state index contributed by atoms with van der Waals surface area (Å²) in [6, 6.07) is 10.9. The Morgan fingerprint density at radius 2 is 2.07 bits per heavy atom. The van der Waals surface area contributed by atoms with Gasteiger partial charge in [-0.2, -0.15) is 0 Å². The van der Waals surface area contributed by atoms with Crippen LogP contribution in [0.15, 0.2) is 36.4 Å². The van der Waals surface area contributed by atoms with Crippen LogP contribution in [-0.4, -0.2) is 41.6 Å². The first kappa shape index (κ1) is 18.5. The van der Waals surface area contributed by atoms with Gasteiger partial charge in [0.2, 0.25) is 5.91 Å². The van der Waals surface area contributed by atoms with Crippen molar-refractivity contribution < 1.29 is 24.4 Å². The molecule has 0 radical (unpaired) electrons. The number of hydrogen-bond donors (Lipinski definition) is 4. The third kappa shape index (κ3) is 3.74. The van der Waals surface area contributed by atoms with Crippen molar-refractivity contribution in [1.29, 1.82) is 0 Å². The molecule has 0 saturated heterocycles. The molecular formula is C20H21BN2O5. The Kier molecular flexibility index (Phi) is 5.06. The highest BCUT2D eigenvalue weighted by Gasteiger charge is 2.37. The third-order valence-corrected chi connectivity index (χ3v) is 5.22. The molecule has 7 nitrogen and oxygen atoms in total. The summed E-state index contributed by atoms with van der Waals surface area (Å²) in [5.74, 6) is -1.80. The van der Waals surface area contributed by atoms with Crippen LogP contribution in [0.1, 0.15) is 32.6 Å². The normalized spacial score (nSPS) is 17.9. The fourth-order valence-corrected chi connectivity index (χ4v) is 3.80. The zero-order valence-corrected chi connectivity index (χ0v) is 15.3. The molecule has 2 heterocycles. The molecule has 144 valence electrons. The molecule has 28 heavy (non-hydrogen) atoms. The molecule has 0 saturated carbocycles. The van der Waals surface area contributed by atoms with Gasteiger partial charge in [-0.1, -0.05) is 30.3 Å². The highest BCUT2D eigenvalue weighted by atomic mass is 16.5. The summed E-state index contributed by atoms with van der Waals surface area (Å²) < 4.78 is 5.41. The second kappa shape index (κ2) is 7.65. The van der Waals surface area contributed by atoms with Gasteiger partial charge in [-0.15, -0.1) is 0 Å². The van der Waals surface area contributed by atoms with Crippen LogP contribution in [0.3, 0.4) is 0 Å². The summed E-state index contributed by atoms with van der Waals surface area (Å²) in [5.41, 5.74) is 4.09. The molecule has 0 aliphatic carbocycles. The fraction of sp³-hybridized carbons (Fsp3) is 0.300. The molecular weight excluding hydrogens is 359 g/mol. The molecule has 1 amide bonds. The summed E-state index contributed by atoms with van der Waals surface area (Å²) in [6.07, 6.45) is 1.50. The molecule has 2 aromatic carbocycles. The Bertz CT molecular complexity index is 933. The highest BCUT2D eigenvalue weighted by molar-refractivity contribution is 6.47. The largest absolute Gasteiger partial charge is 0.547 e. The van der Waals surface area contributed by atoms with Crippen molar-refractivity contribution in [3.05, 3.63) is 64.2 Å². The maximum absolute atomic E-state index is 12.5. The number of rotatable bonds is 4. The number of amides is 1. The number of nitrogens with one attached hydrogen (secondary N) is 2. The van der Waals surface area contributed by atoms with Crippen LogP contribution in [0.4, 0.5) is 0 Å².